The molecule has 0 aromatic heterocycles. The number of nitrogens with two attached hydrogens (primary N) is 1. The van der Waals surface area contributed by atoms with Crippen LogP contribution < -0.4 is 10.5 Å². The van der Waals surface area contributed by atoms with Crippen molar-refractivity contribution >= 4 is 0 Å². The Hall–Kier alpha value is -1.06. The molecular formula is C19H33NO2. The van der Waals surface area contributed by atoms with Crippen LogP contribution in [-0.4, -0.2) is 24.9 Å². The van der Waals surface area contributed by atoms with Gasteiger partial charge in [-0.1, -0.05) is 46.8 Å². The van der Waals surface area contributed by atoms with Crippen molar-refractivity contribution in [2.24, 2.45) is 17.6 Å². The summed E-state index contributed by atoms with van der Waals surface area (Å²) in [6.07, 6.45) is 1.94. The topological polar surface area (TPSA) is 55.5 Å². The van der Waals surface area contributed by atoms with Gasteiger partial charge in [0, 0.05) is 6.61 Å². The van der Waals surface area contributed by atoms with Crippen LogP contribution in [0.15, 0.2) is 18.2 Å². The van der Waals surface area contributed by atoms with Gasteiger partial charge in [-0.05, 0) is 53.8 Å². The van der Waals surface area contributed by atoms with Gasteiger partial charge in [0.1, 0.15) is 5.75 Å². The Morgan fingerprint density at radius 2 is 1.95 bits per heavy atom. The van der Waals surface area contributed by atoms with E-state index in [4.69, 9.17) is 10.5 Å². The summed E-state index contributed by atoms with van der Waals surface area (Å²) in [6.45, 7) is 12.3. The molecule has 2 unspecified atom stereocenters. The zero-order chi connectivity index (χ0) is 16.8. The van der Waals surface area contributed by atoms with Crippen LogP contribution in [0.4, 0.5) is 0 Å². The molecule has 0 bridgehead atoms. The van der Waals surface area contributed by atoms with Gasteiger partial charge in [0.25, 0.3) is 0 Å². The second kappa shape index (κ2) is 8.54. The second-order valence-electron chi connectivity index (χ2n) is 7.29. The van der Waals surface area contributed by atoms with E-state index in [0.29, 0.717) is 12.5 Å². The summed E-state index contributed by atoms with van der Waals surface area (Å²) in [7, 11) is 0. The van der Waals surface area contributed by atoms with E-state index in [1.807, 2.05) is 0 Å². The summed E-state index contributed by atoms with van der Waals surface area (Å²) >= 11 is 0. The fourth-order valence-electron chi connectivity index (χ4n) is 2.65. The van der Waals surface area contributed by atoms with Crippen molar-refractivity contribution in [1.29, 1.82) is 0 Å². The molecule has 3 heteroatoms. The van der Waals surface area contributed by atoms with E-state index in [2.05, 4.69) is 52.8 Å². The molecule has 0 saturated carbocycles. The first kappa shape index (κ1) is 19.0. The summed E-state index contributed by atoms with van der Waals surface area (Å²) in [5.74, 6) is 1.52. The lowest BCUT2D eigenvalue weighted by atomic mass is 9.83. The maximum Gasteiger partial charge on any atom is 0.123 e. The molecule has 1 rings (SSSR count). The standard InChI is InChI=1S/C19H33NO2/c1-6-9-22-18-8-7-15(11-17(18)19(3,4)5)10-14(2)16(12-20)13-21/h7-8,11,14,16,21H,6,9-10,12-13,20H2,1-5H3. The van der Waals surface area contributed by atoms with Gasteiger partial charge in [0.2, 0.25) is 0 Å². The number of hydrogen-bond acceptors (Lipinski definition) is 3. The highest BCUT2D eigenvalue weighted by Crippen LogP contribution is 2.33. The number of aliphatic hydroxyl groups excluding tert-OH is 1. The number of ether oxygens (including phenoxy) is 1. The van der Waals surface area contributed by atoms with Crippen LogP contribution in [0.25, 0.3) is 0 Å². The van der Waals surface area contributed by atoms with Crippen molar-refractivity contribution in [3.63, 3.8) is 0 Å². The highest BCUT2D eigenvalue weighted by molar-refractivity contribution is 5.41. The van der Waals surface area contributed by atoms with Crippen molar-refractivity contribution < 1.29 is 9.84 Å². The fourth-order valence-corrected chi connectivity index (χ4v) is 2.65. The molecule has 3 nitrogen and oxygen atoms in total. The molecule has 1 aromatic rings. The third-order valence-electron chi connectivity index (χ3n) is 4.21. The van der Waals surface area contributed by atoms with Crippen LogP contribution in [-0.2, 0) is 11.8 Å². The van der Waals surface area contributed by atoms with Crippen molar-refractivity contribution in [1.82, 2.24) is 0 Å². The molecule has 2 atom stereocenters. The van der Waals surface area contributed by atoms with Crippen molar-refractivity contribution in [2.75, 3.05) is 19.8 Å². The first-order chi connectivity index (χ1) is 10.3. The Labute approximate surface area is 135 Å². The number of aliphatic hydroxyl groups is 1. The van der Waals surface area contributed by atoms with Crippen LogP contribution in [0.3, 0.4) is 0 Å². The molecular weight excluding hydrogens is 274 g/mol. The summed E-state index contributed by atoms with van der Waals surface area (Å²) in [6, 6.07) is 6.49. The molecule has 0 heterocycles. The van der Waals surface area contributed by atoms with Gasteiger partial charge >= 0.3 is 0 Å². The molecule has 22 heavy (non-hydrogen) atoms. The highest BCUT2D eigenvalue weighted by Gasteiger charge is 2.21. The number of hydrogen-bond donors (Lipinski definition) is 2. The molecule has 0 fully saturated rings. The van der Waals surface area contributed by atoms with Gasteiger partial charge in [0.05, 0.1) is 6.61 Å². The molecule has 0 amide bonds. The van der Waals surface area contributed by atoms with Crippen LogP contribution in [0.1, 0.15) is 52.2 Å². The third kappa shape index (κ3) is 5.29. The summed E-state index contributed by atoms with van der Waals surface area (Å²) in [5.41, 5.74) is 8.32. The maximum absolute atomic E-state index is 9.40. The van der Waals surface area contributed by atoms with Gasteiger partial charge in [-0.25, -0.2) is 0 Å². The van der Waals surface area contributed by atoms with Crippen LogP contribution in [0, 0.1) is 11.8 Å². The molecule has 0 aliphatic rings. The van der Waals surface area contributed by atoms with Gasteiger partial charge in [-0.3, -0.25) is 0 Å². The molecule has 1 aromatic carbocycles. The SMILES string of the molecule is CCCOc1ccc(CC(C)C(CN)CO)cc1C(C)(C)C. The lowest BCUT2D eigenvalue weighted by molar-refractivity contribution is 0.187. The average molecular weight is 307 g/mol. The summed E-state index contributed by atoms with van der Waals surface area (Å²) < 4.78 is 5.90. The van der Waals surface area contributed by atoms with E-state index in [1.54, 1.807) is 0 Å². The first-order valence-corrected chi connectivity index (χ1v) is 8.40. The molecule has 0 spiro atoms. The van der Waals surface area contributed by atoms with Gasteiger partial charge in [-0.2, -0.15) is 0 Å². The van der Waals surface area contributed by atoms with Crippen molar-refractivity contribution in [3.8, 4) is 5.75 Å². The number of rotatable bonds is 8. The Kier molecular flexibility index (Phi) is 7.37. The molecule has 0 radical (unpaired) electrons. The van der Waals surface area contributed by atoms with Crippen molar-refractivity contribution in [3.05, 3.63) is 29.3 Å². The van der Waals surface area contributed by atoms with Crippen LogP contribution >= 0.6 is 0 Å². The molecule has 0 saturated heterocycles. The molecule has 0 aliphatic carbocycles. The third-order valence-corrected chi connectivity index (χ3v) is 4.21. The Morgan fingerprint density at radius 3 is 2.45 bits per heavy atom. The minimum atomic E-state index is 0.0482. The van der Waals surface area contributed by atoms with E-state index in [1.165, 1.54) is 11.1 Å². The second-order valence-corrected chi connectivity index (χ2v) is 7.29. The highest BCUT2D eigenvalue weighted by atomic mass is 16.5. The molecule has 126 valence electrons. The molecule has 3 N–H and O–H groups in total. The van der Waals surface area contributed by atoms with Gasteiger partial charge < -0.3 is 15.6 Å². The fraction of sp³-hybridized carbons (Fsp3) is 0.684. The predicted octanol–water partition coefficient (Wildman–Crippen LogP) is 3.52. The normalized spacial score (nSPS) is 14.7. The first-order valence-electron chi connectivity index (χ1n) is 8.40. The van der Waals surface area contributed by atoms with E-state index in [-0.39, 0.29) is 17.9 Å². The van der Waals surface area contributed by atoms with E-state index >= 15 is 0 Å². The maximum atomic E-state index is 9.40. The Bertz CT molecular complexity index is 447. The largest absolute Gasteiger partial charge is 0.493 e. The van der Waals surface area contributed by atoms with E-state index in [9.17, 15) is 5.11 Å². The van der Waals surface area contributed by atoms with E-state index < -0.39 is 0 Å². The van der Waals surface area contributed by atoms with Crippen molar-refractivity contribution in [2.45, 2.75) is 52.9 Å². The minimum absolute atomic E-state index is 0.0482. The monoisotopic (exact) mass is 307 g/mol. The smallest absolute Gasteiger partial charge is 0.123 e. The van der Waals surface area contributed by atoms with E-state index in [0.717, 1.165) is 25.2 Å². The zero-order valence-electron chi connectivity index (χ0n) is 14.9. The average Bonchev–Trinajstić information content (AvgIpc) is 2.46. The van der Waals surface area contributed by atoms with Crippen LogP contribution in [0.5, 0.6) is 5.75 Å². The number of benzene rings is 1. The van der Waals surface area contributed by atoms with Gasteiger partial charge in [-0.15, -0.1) is 0 Å². The summed E-state index contributed by atoms with van der Waals surface area (Å²) in [5, 5.41) is 9.40. The summed E-state index contributed by atoms with van der Waals surface area (Å²) in [4.78, 5) is 0. The lowest BCUT2D eigenvalue weighted by Crippen LogP contribution is -2.26. The van der Waals surface area contributed by atoms with Crippen LogP contribution in [0.2, 0.25) is 0 Å². The predicted molar refractivity (Wildman–Crippen MR) is 93.4 cm³/mol. The lowest BCUT2D eigenvalue weighted by Gasteiger charge is -2.25. The molecule has 0 aliphatic heterocycles. The minimum Gasteiger partial charge on any atom is -0.493 e. The zero-order valence-corrected chi connectivity index (χ0v) is 14.9. The quantitative estimate of drug-likeness (QED) is 0.772. The Morgan fingerprint density at radius 1 is 1.27 bits per heavy atom. The Balaban J connectivity index is 2.98. The van der Waals surface area contributed by atoms with Gasteiger partial charge in [0.15, 0.2) is 0 Å².